The summed E-state index contributed by atoms with van der Waals surface area (Å²) in [5, 5.41) is 3.38. The van der Waals surface area contributed by atoms with Crippen molar-refractivity contribution in [1.82, 2.24) is 10.3 Å². The molecule has 18 heavy (non-hydrogen) atoms. The first-order valence-corrected chi connectivity index (χ1v) is 7.04. The Kier molecular flexibility index (Phi) is 5.86. The van der Waals surface area contributed by atoms with Crippen molar-refractivity contribution in [2.75, 3.05) is 6.54 Å². The molecule has 0 bridgehead atoms. The Morgan fingerprint density at radius 1 is 1.39 bits per heavy atom. The van der Waals surface area contributed by atoms with Gasteiger partial charge in [-0.15, -0.1) is 0 Å². The van der Waals surface area contributed by atoms with Crippen molar-refractivity contribution >= 4 is 0 Å². The Balaban J connectivity index is 2.48. The average Bonchev–Trinajstić information content (AvgIpc) is 2.63. The number of nitrogens with one attached hydrogen (secondary N) is 1. The van der Waals surface area contributed by atoms with Gasteiger partial charge in [-0.25, -0.2) is 4.98 Å². The molecule has 0 fully saturated rings. The van der Waals surface area contributed by atoms with Crippen LogP contribution in [0, 0.1) is 11.3 Å². The van der Waals surface area contributed by atoms with Crippen LogP contribution in [-0.2, 0) is 13.0 Å². The maximum atomic E-state index is 5.53. The van der Waals surface area contributed by atoms with Crippen LogP contribution in [0.1, 0.15) is 58.9 Å². The third-order valence-electron chi connectivity index (χ3n) is 2.94. The van der Waals surface area contributed by atoms with Crippen molar-refractivity contribution in [1.29, 1.82) is 0 Å². The van der Waals surface area contributed by atoms with Crippen LogP contribution < -0.4 is 5.32 Å². The zero-order chi connectivity index (χ0) is 13.6. The summed E-state index contributed by atoms with van der Waals surface area (Å²) in [6.07, 6.45) is 4.91. The lowest BCUT2D eigenvalue weighted by molar-refractivity contribution is 0.295. The van der Waals surface area contributed by atoms with Gasteiger partial charge in [0.2, 0.25) is 0 Å². The van der Waals surface area contributed by atoms with E-state index in [0.717, 1.165) is 37.4 Å². The average molecular weight is 252 g/mol. The molecule has 1 atom stereocenters. The molecule has 3 nitrogen and oxygen atoms in total. The lowest BCUT2D eigenvalue weighted by Crippen LogP contribution is -2.17. The number of hydrogen-bond acceptors (Lipinski definition) is 3. The second-order valence-corrected chi connectivity index (χ2v) is 6.47. The summed E-state index contributed by atoms with van der Waals surface area (Å²) in [5.41, 5.74) is 1.45. The van der Waals surface area contributed by atoms with E-state index in [1.165, 1.54) is 6.42 Å². The third kappa shape index (κ3) is 5.67. The zero-order valence-electron chi connectivity index (χ0n) is 12.5. The molecule has 0 spiro atoms. The molecule has 0 aliphatic heterocycles. The van der Waals surface area contributed by atoms with Crippen LogP contribution >= 0.6 is 0 Å². The van der Waals surface area contributed by atoms with E-state index < -0.39 is 0 Å². The normalized spacial score (nSPS) is 13.8. The van der Waals surface area contributed by atoms with Crippen LogP contribution in [0.15, 0.2) is 10.8 Å². The second kappa shape index (κ2) is 6.93. The smallest absolute Gasteiger partial charge is 0.181 e. The Hall–Kier alpha value is -0.830. The van der Waals surface area contributed by atoms with Crippen molar-refractivity contribution < 1.29 is 4.42 Å². The molecule has 3 heteroatoms. The van der Waals surface area contributed by atoms with Gasteiger partial charge in [-0.05, 0) is 30.7 Å². The van der Waals surface area contributed by atoms with Gasteiger partial charge < -0.3 is 9.73 Å². The fourth-order valence-electron chi connectivity index (χ4n) is 2.42. The van der Waals surface area contributed by atoms with Crippen LogP contribution in [0.3, 0.4) is 0 Å². The van der Waals surface area contributed by atoms with Crippen molar-refractivity contribution in [2.45, 2.75) is 60.4 Å². The van der Waals surface area contributed by atoms with Crippen LogP contribution in [-0.4, -0.2) is 11.5 Å². The fourth-order valence-corrected chi connectivity index (χ4v) is 2.42. The summed E-state index contributed by atoms with van der Waals surface area (Å²) in [5.74, 6) is 1.68. The molecule has 0 aromatic carbocycles. The largest absolute Gasteiger partial charge is 0.448 e. The molecule has 0 saturated carbocycles. The highest BCUT2D eigenvalue weighted by Gasteiger charge is 2.18. The Morgan fingerprint density at radius 2 is 2.11 bits per heavy atom. The van der Waals surface area contributed by atoms with E-state index in [0.29, 0.717) is 11.3 Å². The van der Waals surface area contributed by atoms with Crippen LogP contribution in [0.25, 0.3) is 0 Å². The topological polar surface area (TPSA) is 38.1 Å². The highest BCUT2D eigenvalue weighted by atomic mass is 16.3. The van der Waals surface area contributed by atoms with Gasteiger partial charge >= 0.3 is 0 Å². The summed E-state index contributed by atoms with van der Waals surface area (Å²) < 4.78 is 5.53. The maximum Gasteiger partial charge on any atom is 0.181 e. The fraction of sp³-hybridized carbons (Fsp3) is 0.800. The first-order chi connectivity index (χ1) is 8.42. The highest BCUT2D eigenvalue weighted by molar-refractivity contribution is 5.07. The summed E-state index contributed by atoms with van der Waals surface area (Å²) >= 11 is 0. The van der Waals surface area contributed by atoms with Crippen molar-refractivity contribution in [2.24, 2.45) is 11.3 Å². The predicted octanol–water partition coefficient (Wildman–Crippen LogP) is 3.79. The van der Waals surface area contributed by atoms with Crippen LogP contribution in [0.5, 0.6) is 0 Å². The predicted molar refractivity (Wildman–Crippen MR) is 75.4 cm³/mol. The maximum absolute atomic E-state index is 5.53. The minimum Gasteiger partial charge on any atom is -0.448 e. The Bertz CT molecular complexity index is 339. The first-order valence-electron chi connectivity index (χ1n) is 7.04. The van der Waals surface area contributed by atoms with Gasteiger partial charge in [0.05, 0.1) is 5.69 Å². The quantitative estimate of drug-likeness (QED) is 0.750. The van der Waals surface area contributed by atoms with E-state index in [2.05, 4.69) is 44.9 Å². The van der Waals surface area contributed by atoms with Gasteiger partial charge in [-0.2, -0.15) is 0 Å². The van der Waals surface area contributed by atoms with Gasteiger partial charge in [-0.1, -0.05) is 34.6 Å². The lowest BCUT2D eigenvalue weighted by atomic mass is 9.83. The number of hydrogen-bond donors (Lipinski definition) is 1. The number of rotatable bonds is 7. The molecular weight excluding hydrogens is 224 g/mol. The second-order valence-electron chi connectivity index (χ2n) is 6.47. The minimum atomic E-state index is 0.375. The molecule has 0 radical (unpaired) electrons. The molecule has 0 amide bonds. The minimum absolute atomic E-state index is 0.375. The number of aromatic nitrogens is 1. The van der Waals surface area contributed by atoms with E-state index in [1.807, 2.05) is 0 Å². The summed E-state index contributed by atoms with van der Waals surface area (Å²) in [6, 6.07) is 0. The third-order valence-corrected chi connectivity index (χ3v) is 2.94. The molecule has 1 unspecified atom stereocenters. The number of oxazole rings is 1. The Morgan fingerprint density at radius 3 is 2.72 bits per heavy atom. The molecule has 0 aliphatic rings. The first kappa shape index (κ1) is 15.2. The summed E-state index contributed by atoms with van der Waals surface area (Å²) in [7, 11) is 0. The standard InChI is InChI=1S/C15H28N2O/c1-6-7-16-10-13-14(18-11-17-13)8-12(2)9-15(3,4)5/h11-12,16H,6-10H2,1-5H3. The zero-order valence-corrected chi connectivity index (χ0v) is 12.5. The van der Waals surface area contributed by atoms with Crippen LogP contribution in [0.2, 0.25) is 0 Å². The van der Waals surface area contributed by atoms with Crippen molar-refractivity contribution in [3.8, 4) is 0 Å². The highest BCUT2D eigenvalue weighted by Crippen LogP contribution is 2.27. The van der Waals surface area contributed by atoms with Gasteiger partial charge in [0.15, 0.2) is 6.39 Å². The molecule has 1 rings (SSSR count). The van der Waals surface area contributed by atoms with Crippen molar-refractivity contribution in [3.63, 3.8) is 0 Å². The molecule has 1 aromatic heterocycles. The molecular formula is C15H28N2O. The van der Waals surface area contributed by atoms with E-state index >= 15 is 0 Å². The van der Waals surface area contributed by atoms with Gasteiger partial charge in [0.1, 0.15) is 5.76 Å². The monoisotopic (exact) mass is 252 g/mol. The molecule has 1 aromatic rings. The van der Waals surface area contributed by atoms with Gasteiger partial charge in [0.25, 0.3) is 0 Å². The van der Waals surface area contributed by atoms with E-state index in [4.69, 9.17) is 4.42 Å². The lowest BCUT2D eigenvalue weighted by Gasteiger charge is -2.22. The molecule has 0 aliphatic carbocycles. The molecule has 0 saturated heterocycles. The van der Waals surface area contributed by atoms with Crippen molar-refractivity contribution in [3.05, 3.63) is 17.8 Å². The Labute approximate surface area is 111 Å². The number of nitrogens with zero attached hydrogens (tertiary/aromatic N) is 1. The van der Waals surface area contributed by atoms with Crippen LogP contribution in [0.4, 0.5) is 0 Å². The molecule has 1 heterocycles. The molecule has 1 N–H and O–H groups in total. The van der Waals surface area contributed by atoms with E-state index in [1.54, 1.807) is 6.39 Å². The van der Waals surface area contributed by atoms with Gasteiger partial charge in [-0.3, -0.25) is 0 Å². The van der Waals surface area contributed by atoms with E-state index in [-0.39, 0.29) is 0 Å². The summed E-state index contributed by atoms with van der Waals surface area (Å²) in [4.78, 5) is 4.31. The molecule has 104 valence electrons. The van der Waals surface area contributed by atoms with E-state index in [9.17, 15) is 0 Å². The van der Waals surface area contributed by atoms with Gasteiger partial charge in [0, 0.05) is 13.0 Å². The SMILES string of the molecule is CCCNCc1ncoc1CC(C)CC(C)(C)C. The summed E-state index contributed by atoms with van der Waals surface area (Å²) in [6.45, 7) is 13.2.